The van der Waals surface area contributed by atoms with Gasteiger partial charge in [-0.15, -0.1) is 0 Å². The Kier molecular flexibility index (Phi) is 11.3. The number of rotatable bonds is 10. The maximum Gasteiger partial charge on any atom is 0.421 e. The van der Waals surface area contributed by atoms with Crippen molar-refractivity contribution in [3.8, 4) is 0 Å². The Morgan fingerprint density at radius 1 is 1.15 bits per heavy atom. The van der Waals surface area contributed by atoms with Crippen LogP contribution in [-0.4, -0.2) is 82.5 Å². The summed E-state index contributed by atoms with van der Waals surface area (Å²) >= 11 is 0. The van der Waals surface area contributed by atoms with Gasteiger partial charge in [0.05, 0.1) is 17.3 Å². The van der Waals surface area contributed by atoms with Gasteiger partial charge in [0, 0.05) is 45.4 Å². The maximum atomic E-state index is 13.1. The van der Waals surface area contributed by atoms with Crippen molar-refractivity contribution < 1.29 is 31.1 Å². The van der Waals surface area contributed by atoms with Gasteiger partial charge in [0.1, 0.15) is 11.4 Å². The molecule has 1 aromatic rings. The minimum atomic E-state index is -4.81. The standard InChI is InChI=1S/C25H34F6N6O2/c1-5-8-21(32-16-18(6-2)24(26,27)28)36-11-13-37(14-12-36)22(38)9-10-35(7-3)17(4)20-15-19(25(29,30)31)23(39)34-33-20/h6,8,15-17H,5,7,9-14H2,1-4H3,(H,34,39)/b18-6+,21-8-,32-16-. The number of aliphatic imine (C=N–C) groups is 1. The summed E-state index contributed by atoms with van der Waals surface area (Å²) in [5.41, 5.74) is -3.46. The van der Waals surface area contributed by atoms with Crippen molar-refractivity contribution in [3.63, 3.8) is 0 Å². The van der Waals surface area contributed by atoms with Crippen molar-refractivity contribution in [2.24, 2.45) is 4.99 Å². The van der Waals surface area contributed by atoms with Gasteiger partial charge in [0.2, 0.25) is 5.91 Å². The largest absolute Gasteiger partial charge is 0.421 e. The van der Waals surface area contributed by atoms with Crippen LogP contribution >= 0.6 is 0 Å². The van der Waals surface area contributed by atoms with Gasteiger partial charge in [-0.1, -0.05) is 19.9 Å². The van der Waals surface area contributed by atoms with Crippen LogP contribution in [0.1, 0.15) is 57.8 Å². The number of carbonyl (C=O) groups is 1. The van der Waals surface area contributed by atoms with Gasteiger partial charge in [-0.3, -0.25) is 14.5 Å². The predicted octanol–water partition coefficient (Wildman–Crippen LogP) is 4.54. The molecular weight excluding hydrogens is 530 g/mol. The summed E-state index contributed by atoms with van der Waals surface area (Å²) in [6.07, 6.45) is -5.15. The van der Waals surface area contributed by atoms with Crippen LogP contribution in [0.25, 0.3) is 0 Å². The van der Waals surface area contributed by atoms with E-state index < -0.39 is 35.1 Å². The maximum absolute atomic E-state index is 13.1. The molecule has 1 N–H and O–H groups in total. The zero-order valence-corrected chi connectivity index (χ0v) is 22.4. The Morgan fingerprint density at radius 3 is 2.28 bits per heavy atom. The lowest BCUT2D eigenvalue weighted by molar-refractivity contribution is -0.139. The summed E-state index contributed by atoms with van der Waals surface area (Å²) in [4.78, 5) is 33.7. The van der Waals surface area contributed by atoms with E-state index in [1.165, 1.54) is 6.92 Å². The molecule has 2 heterocycles. The van der Waals surface area contributed by atoms with Crippen LogP contribution < -0.4 is 5.56 Å². The Morgan fingerprint density at radius 2 is 1.77 bits per heavy atom. The Bertz CT molecular complexity index is 1120. The van der Waals surface area contributed by atoms with Gasteiger partial charge in [0.15, 0.2) is 0 Å². The van der Waals surface area contributed by atoms with Crippen LogP contribution in [0.4, 0.5) is 26.3 Å². The molecule has 1 saturated heterocycles. The number of aromatic nitrogens is 2. The number of aromatic amines is 1. The van der Waals surface area contributed by atoms with Gasteiger partial charge in [0.25, 0.3) is 5.56 Å². The fourth-order valence-corrected chi connectivity index (χ4v) is 4.13. The fourth-order valence-electron chi connectivity index (χ4n) is 4.13. The molecule has 39 heavy (non-hydrogen) atoms. The normalized spacial score (nSPS) is 16.9. The monoisotopic (exact) mass is 564 g/mol. The average Bonchev–Trinajstić information content (AvgIpc) is 2.87. The third-order valence-corrected chi connectivity index (χ3v) is 6.44. The molecule has 0 bridgehead atoms. The first-order valence-corrected chi connectivity index (χ1v) is 12.6. The van der Waals surface area contributed by atoms with E-state index in [2.05, 4.69) is 10.1 Å². The van der Waals surface area contributed by atoms with Crippen molar-refractivity contribution >= 4 is 12.1 Å². The molecule has 0 aliphatic carbocycles. The molecule has 1 aliphatic rings. The number of carbonyl (C=O) groups excluding carboxylic acids is 1. The molecule has 8 nitrogen and oxygen atoms in total. The van der Waals surface area contributed by atoms with Crippen LogP contribution in [0.5, 0.6) is 0 Å². The number of hydrogen-bond donors (Lipinski definition) is 1. The van der Waals surface area contributed by atoms with E-state index in [-0.39, 0.29) is 24.6 Å². The highest BCUT2D eigenvalue weighted by Gasteiger charge is 2.35. The minimum absolute atomic E-state index is 0.0345. The van der Waals surface area contributed by atoms with Gasteiger partial charge < -0.3 is 9.80 Å². The first-order chi connectivity index (χ1) is 18.2. The summed E-state index contributed by atoms with van der Waals surface area (Å²) in [5, 5.41) is 5.65. The number of halogens is 6. The number of hydrogen-bond acceptors (Lipinski definition) is 6. The van der Waals surface area contributed by atoms with E-state index in [4.69, 9.17) is 0 Å². The van der Waals surface area contributed by atoms with Crippen LogP contribution in [0.2, 0.25) is 0 Å². The molecule has 14 heteroatoms. The number of nitrogens with one attached hydrogen (secondary N) is 1. The van der Waals surface area contributed by atoms with Crippen molar-refractivity contribution in [1.29, 1.82) is 0 Å². The van der Waals surface area contributed by atoms with E-state index in [1.807, 2.05) is 16.9 Å². The molecule has 1 amide bonds. The molecule has 1 aromatic heterocycles. The second-order valence-electron chi connectivity index (χ2n) is 8.93. The second-order valence-corrected chi connectivity index (χ2v) is 8.93. The van der Waals surface area contributed by atoms with Crippen LogP contribution in [0.15, 0.2) is 39.4 Å². The minimum Gasteiger partial charge on any atom is -0.353 e. The molecule has 1 unspecified atom stereocenters. The lowest BCUT2D eigenvalue weighted by Crippen LogP contribution is -2.48. The summed E-state index contributed by atoms with van der Waals surface area (Å²) < 4.78 is 78.4. The molecule has 2 rings (SSSR count). The van der Waals surface area contributed by atoms with Crippen molar-refractivity contribution in [3.05, 3.63) is 51.2 Å². The van der Waals surface area contributed by atoms with E-state index in [1.54, 1.807) is 29.7 Å². The van der Waals surface area contributed by atoms with Gasteiger partial charge in [-0.25, -0.2) is 10.1 Å². The fraction of sp³-hybridized carbons (Fsp3) is 0.600. The van der Waals surface area contributed by atoms with Gasteiger partial charge in [-0.05, 0) is 39.0 Å². The number of alkyl halides is 6. The predicted molar refractivity (Wildman–Crippen MR) is 135 cm³/mol. The lowest BCUT2D eigenvalue weighted by Gasteiger charge is -2.36. The molecule has 0 spiro atoms. The zero-order valence-electron chi connectivity index (χ0n) is 22.4. The first kappa shape index (κ1) is 32.1. The second kappa shape index (κ2) is 13.8. The highest BCUT2D eigenvalue weighted by Crippen LogP contribution is 2.28. The lowest BCUT2D eigenvalue weighted by atomic mass is 10.1. The highest BCUT2D eigenvalue weighted by atomic mass is 19.4. The van der Waals surface area contributed by atoms with Crippen LogP contribution in [-0.2, 0) is 11.0 Å². The number of H-pyrrole nitrogens is 1. The third kappa shape index (κ3) is 8.94. The smallest absolute Gasteiger partial charge is 0.353 e. The van der Waals surface area contributed by atoms with E-state index in [0.717, 1.165) is 18.4 Å². The van der Waals surface area contributed by atoms with Crippen LogP contribution in [0.3, 0.4) is 0 Å². The third-order valence-electron chi connectivity index (χ3n) is 6.44. The first-order valence-electron chi connectivity index (χ1n) is 12.6. The van der Waals surface area contributed by atoms with Gasteiger partial charge >= 0.3 is 12.4 Å². The Hall–Kier alpha value is -3.16. The highest BCUT2D eigenvalue weighted by molar-refractivity contribution is 5.81. The van der Waals surface area contributed by atoms with Crippen LogP contribution in [0, 0.1) is 0 Å². The topological polar surface area (TPSA) is 84.9 Å². The summed E-state index contributed by atoms with van der Waals surface area (Å²) in [6.45, 7) is 8.76. The molecule has 0 saturated carbocycles. The Balaban J connectivity index is 1.98. The molecule has 0 aromatic carbocycles. The number of amides is 1. The van der Waals surface area contributed by atoms with E-state index in [0.29, 0.717) is 45.0 Å². The summed E-state index contributed by atoms with van der Waals surface area (Å²) in [6, 6.07) is 0.140. The average molecular weight is 565 g/mol. The molecule has 0 radical (unpaired) electrons. The van der Waals surface area contributed by atoms with Crippen molar-refractivity contribution in [2.75, 3.05) is 39.3 Å². The number of allylic oxidation sites excluding steroid dienone is 3. The Labute approximate surface area is 223 Å². The van der Waals surface area contributed by atoms with E-state index >= 15 is 0 Å². The van der Waals surface area contributed by atoms with Crippen molar-refractivity contribution in [1.82, 2.24) is 24.9 Å². The molecule has 1 aliphatic heterocycles. The molecule has 1 fully saturated rings. The SMILES string of the molecule is C\C=C(/C=N\C(=C\CC)N1CCN(C(=O)CCN(CC)C(C)c2cc(C(F)(F)F)c(=O)[nH]n2)CC1)C(F)(F)F. The number of nitrogens with zero attached hydrogens (tertiary/aromatic N) is 5. The van der Waals surface area contributed by atoms with Crippen molar-refractivity contribution in [2.45, 2.75) is 58.9 Å². The quantitative estimate of drug-likeness (QED) is 0.333. The molecule has 1 atom stereocenters. The molecule has 218 valence electrons. The van der Waals surface area contributed by atoms with E-state index in [9.17, 15) is 35.9 Å². The molecular formula is C25H34F6N6O2. The zero-order chi connectivity index (χ0) is 29.4. The number of piperazine rings is 1. The summed E-state index contributed by atoms with van der Waals surface area (Å²) in [5.74, 6) is 0.259. The summed E-state index contributed by atoms with van der Waals surface area (Å²) in [7, 11) is 0. The van der Waals surface area contributed by atoms with Gasteiger partial charge in [-0.2, -0.15) is 31.4 Å².